The van der Waals surface area contributed by atoms with Crippen LogP contribution in [0.5, 0.6) is 0 Å². The molecule has 0 aliphatic heterocycles. The first-order valence-corrected chi connectivity index (χ1v) is 7.20. The number of aromatic nitrogens is 4. The molecule has 6 nitrogen and oxygen atoms in total. The van der Waals surface area contributed by atoms with E-state index in [1.165, 1.54) is 0 Å². The SMILES string of the molecule is CS(=O)(=O)c1cc(C(F)(F)F)nc(-n2cnc(Cl)c2)n1. The fraction of sp³-hybridized carbons (Fsp3) is 0.222. The van der Waals surface area contributed by atoms with Gasteiger partial charge < -0.3 is 0 Å². The molecule has 2 aromatic rings. The number of alkyl halides is 3. The van der Waals surface area contributed by atoms with Gasteiger partial charge in [0.1, 0.15) is 11.5 Å². The molecule has 0 spiro atoms. The molecule has 2 rings (SSSR count). The summed E-state index contributed by atoms with van der Waals surface area (Å²) in [4.78, 5) is 10.4. The summed E-state index contributed by atoms with van der Waals surface area (Å²) in [6.07, 6.45) is -1.82. The van der Waals surface area contributed by atoms with Gasteiger partial charge in [0.2, 0.25) is 5.95 Å². The third-order valence-electron chi connectivity index (χ3n) is 2.14. The van der Waals surface area contributed by atoms with E-state index < -0.39 is 32.7 Å². The molecule has 0 aromatic carbocycles. The number of hydrogen-bond acceptors (Lipinski definition) is 5. The summed E-state index contributed by atoms with van der Waals surface area (Å²) in [5.41, 5.74) is -1.37. The van der Waals surface area contributed by atoms with E-state index in [-0.39, 0.29) is 5.15 Å². The van der Waals surface area contributed by atoms with Crippen molar-refractivity contribution in [1.82, 2.24) is 19.5 Å². The van der Waals surface area contributed by atoms with Crippen LogP contribution in [0.25, 0.3) is 5.95 Å². The molecule has 0 amide bonds. The zero-order chi connectivity index (χ0) is 15.1. The first-order chi connectivity index (χ1) is 9.07. The molecule has 0 saturated heterocycles. The molecule has 0 fully saturated rings. The second kappa shape index (κ2) is 4.70. The zero-order valence-electron chi connectivity index (χ0n) is 9.76. The van der Waals surface area contributed by atoms with Crippen LogP contribution in [0.4, 0.5) is 13.2 Å². The minimum Gasteiger partial charge on any atom is -0.273 e. The zero-order valence-corrected chi connectivity index (χ0v) is 11.3. The largest absolute Gasteiger partial charge is 0.433 e. The number of hydrogen-bond donors (Lipinski definition) is 0. The Morgan fingerprint density at radius 1 is 1.30 bits per heavy atom. The molecular weight excluding hydrogens is 321 g/mol. The van der Waals surface area contributed by atoms with Gasteiger partial charge in [0.15, 0.2) is 20.6 Å². The Kier molecular flexibility index (Phi) is 3.46. The summed E-state index contributed by atoms with van der Waals surface area (Å²) >= 11 is 5.54. The third-order valence-corrected chi connectivity index (χ3v) is 3.31. The maximum atomic E-state index is 12.7. The van der Waals surface area contributed by atoms with Gasteiger partial charge in [-0.05, 0) is 0 Å². The van der Waals surface area contributed by atoms with Gasteiger partial charge in [-0.1, -0.05) is 11.6 Å². The predicted molar refractivity (Wildman–Crippen MR) is 62.3 cm³/mol. The van der Waals surface area contributed by atoms with E-state index in [0.717, 1.165) is 23.3 Å². The Hall–Kier alpha value is -1.68. The van der Waals surface area contributed by atoms with Crippen LogP contribution >= 0.6 is 11.6 Å². The molecule has 0 atom stereocenters. The molecule has 2 heterocycles. The van der Waals surface area contributed by atoms with Crippen LogP contribution < -0.4 is 0 Å². The van der Waals surface area contributed by atoms with Crippen molar-refractivity contribution in [3.63, 3.8) is 0 Å². The highest BCUT2D eigenvalue weighted by Crippen LogP contribution is 2.29. The van der Waals surface area contributed by atoms with E-state index in [0.29, 0.717) is 6.07 Å². The average Bonchev–Trinajstić information content (AvgIpc) is 2.73. The van der Waals surface area contributed by atoms with Gasteiger partial charge >= 0.3 is 6.18 Å². The van der Waals surface area contributed by atoms with Crippen molar-refractivity contribution in [2.24, 2.45) is 0 Å². The van der Waals surface area contributed by atoms with Gasteiger partial charge in [-0.25, -0.2) is 23.4 Å². The van der Waals surface area contributed by atoms with E-state index in [1.807, 2.05) is 0 Å². The standard InChI is InChI=1S/C9H6ClF3N4O2S/c1-20(18,19)7-2-5(9(11,12)13)15-8(16-7)17-3-6(10)14-4-17/h2-4H,1H3. The van der Waals surface area contributed by atoms with Crippen molar-refractivity contribution in [3.05, 3.63) is 29.4 Å². The molecule has 0 aliphatic rings. The monoisotopic (exact) mass is 326 g/mol. The van der Waals surface area contributed by atoms with Crippen molar-refractivity contribution < 1.29 is 21.6 Å². The first kappa shape index (κ1) is 14.7. The lowest BCUT2D eigenvalue weighted by molar-refractivity contribution is -0.141. The van der Waals surface area contributed by atoms with Gasteiger partial charge in [0.25, 0.3) is 0 Å². The Labute approximate surface area is 116 Å². The first-order valence-electron chi connectivity index (χ1n) is 4.93. The Morgan fingerprint density at radius 3 is 2.40 bits per heavy atom. The summed E-state index contributed by atoms with van der Waals surface area (Å²) in [6.45, 7) is 0. The number of imidazole rings is 1. The summed E-state index contributed by atoms with van der Waals surface area (Å²) in [5, 5.41) is -0.730. The van der Waals surface area contributed by atoms with E-state index >= 15 is 0 Å². The smallest absolute Gasteiger partial charge is 0.273 e. The Bertz CT molecular complexity index is 757. The molecule has 0 radical (unpaired) electrons. The average molecular weight is 327 g/mol. The van der Waals surface area contributed by atoms with E-state index in [9.17, 15) is 21.6 Å². The van der Waals surface area contributed by atoms with Gasteiger partial charge in [-0.2, -0.15) is 13.2 Å². The van der Waals surface area contributed by atoms with Crippen LogP contribution in [0.15, 0.2) is 23.6 Å². The van der Waals surface area contributed by atoms with Crippen molar-refractivity contribution in [3.8, 4) is 5.95 Å². The third kappa shape index (κ3) is 3.07. The fourth-order valence-electron chi connectivity index (χ4n) is 1.27. The molecule has 20 heavy (non-hydrogen) atoms. The second-order valence-electron chi connectivity index (χ2n) is 3.77. The van der Waals surface area contributed by atoms with Gasteiger partial charge in [-0.3, -0.25) is 4.57 Å². The lowest BCUT2D eigenvalue weighted by Crippen LogP contribution is -2.15. The van der Waals surface area contributed by atoms with Crippen LogP contribution in [0.1, 0.15) is 5.69 Å². The number of sulfone groups is 1. The maximum Gasteiger partial charge on any atom is 0.433 e. The molecular formula is C9H6ClF3N4O2S. The normalized spacial score (nSPS) is 12.7. The maximum absolute atomic E-state index is 12.7. The Morgan fingerprint density at radius 2 is 1.95 bits per heavy atom. The molecule has 2 aromatic heterocycles. The summed E-state index contributed by atoms with van der Waals surface area (Å²) in [7, 11) is -3.93. The highest BCUT2D eigenvalue weighted by atomic mass is 35.5. The van der Waals surface area contributed by atoms with E-state index in [1.54, 1.807) is 0 Å². The van der Waals surface area contributed by atoms with Crippen molar-refractivity contribution in [2.45, 2.75) is 11.2 Å². The van der Waals surface area contributed by atoms with E-state index in [4.69, 9.17) is 11.6 Å². The number of nitrogens with zero attached hydrogens (tertiary/aromatic N) is 4. The minimum atomic E-state index is -4.80. The minimum absolute atomic E-state index is 0.00640. The van der Waals surface area contributed by atoms with Crippen LogP contribution in [0.3, 0.4) is 0 Å². The Balaban J connectivity index is 2.69. The highest BCUT2D eigenvalue weighted by Gasteiger charge is 2.35. The fourth-order valence-corrected chi connectivity index (χ4v) is 1.99. The van der Waals surface area contributed by atoms with Crippen LogP contribution in [-0.4, -0.2) is 34.2 Å². The summed E-state index contributed by atoms with van der Waals surface area (Å²) < 4.78 is 61.9. The highest BCUT2D eigenvalue weighted by molar-refractivity contribution is 7.90. The predicted octanol–water partition coefficient (Wildman–Crippen LogP) is 1.74. The molecule has 108 valence electrons. The van der Waals surface area contributed by atoms with Gasteiger partial charge in [0.05, 0.1) is 6.20 Å². The lowest BCUT2D eigenvalue weighted by atomic mass is 10.4. The van der Waals surface area contributed by atoms with Crippen molar-refractivity contribution in [2.75, 3.05) is 6.26 Å². The van der Waals surface area contributed by atoms with Crippen molar-refractivity contribution >= 4 is 21.4 Å². The van der Waals surface area contributed by atoms with Crippen LogP contribution in [0.2, 0.25) is 5.15 Å². The number of halogens is 4. The quantitative estimate of drug-likeness (QED) is 0.786. The second-order valence-corrected chi connectivity index (χ2v) is 6.11. The number of rotatable bonds is 2. The lowest BCUT2D eigenvalue weighted by Gasteiger charge is -2.09. The summed E-state index contributed by atoms with van der Waals surface area (Å²) in [6, 6.07) is 0.372. The molecule has 0 unspecified atom stereocenters. The molecule has 0 aliphatic carbocycles. The van der Waals surface area contributed by atoms with Crippen LogP contribution in [-0.2, 0) is 16.0 Å². The molecule has 0 N–H and O–H groups in total. The van der Waals surface area contributed by atoms with Gasteiger partial charge in [-0.15, -0.1) is 0 Å². The van der Waals surface area contributed by atoms with E-state index in [2.05, 4.69) is 15.0 Å². The molecule has 0 bridgehead atoms. The summed E-state index contributed by atoms with van der Waals surface area (Å²) in [5.74, 6) is -0.486. The van der Waals surface area contributed by atoms with Crippen molar-refractivity contribution in [1.29, 1.82) is 0 Å². The molecule has 0 saturated carbocycles. The van der Waals surface area contributed by atoms with Gasteiger partial charge in [0, 0.05) is 12.3 Å². The topological polar surface area (TPSA) is 77.7 Å². The molecule has 11 heteroatoms. The van der Waals surface area contributed by atoms with Crippen LogP contribution in [0, 0.1) is 0 Å².